The standard InChI is InChI=1S/C22H20N2O3/c1-16-7-11-19(12-8-16)23-21(15-22(25)18-5-3-2-4-6-18)17-9-13-20(14-10-17)24(26)27/h2-14,21,23H,15H2,1H3. The minimum absolute atomic E-state index is 0.0126. The van der Waals surface area contributed by atoms with Crippen LogP contribution in [0.4, 0.5) is 11.4 Å². The zero-order valence-corrected chi connectivity index (χ0v) is 15.0. The smallest absolute Gasteiger partial charge is 0.269 e. The van der Waals surface area contributed by atoms with Gasteiger partial charge in [-0.15, -0.1) is 0 Å². The molecule has 0 saturated heterocycles. The fourth-order valence-corrected chi connectivity index (χ4v) is 2.86. The molecule has 0 aliphatic heterocycles. The molecule has 0 bridgehead atoms. The topological polar surface area (TPSA) is 72.2 Å². The summed E-state index contributed by atoms with van der Waals surface area (Å²) in [5, 5.41) is 14.3. The van der Waals surface area contributed by atoms with Crippen molar-refractivity contribution in [2.75, 3.05) is 5.32 Å². The highest BCUT2D eigenvalue weighted by atomic mass is 16.6. The van der Waals surface area contributed by atoms with Gasteiger partial charge in [0.1, 0.15) is 0 Å². The van der Waals surface area contributed by atoms with Crippen LogP contribution >= 0.6 is 0 Å². The van der Waals surface area contributed by atoms with E-state index >= 15 is 0 Å². The van der Waals surface area contributed by atoms with E-state index in [1.165, 1.54) is 12.1 Å². The average molecular weight is 360 g/mol. The third-order valence-electron chi connectivity index (χ3n) is 4.38. The number of carbonyl (C=O) groups excluding carboxylic acids is 1. The zero-order chi connectivity index (χ0) is 19.2. The summed E-state index contributed by atoms with van der Waals surface area (Å²) in [4.78, 5) is 23.2. The van der Waals surface area contributed by atoms with E-state index in [-0.39, 0.29) is 23.9 Å². The Kier molecular flexibility index (Phi) is 5.61. The fraction of sp³-hybridized carbons (Fsp3) is 0.136. The van der Waals surface area contributed by atoms with E-state index in [9.17, 15) is 14.9 Å². The van der Waals surface area contributed by atoms with E-state index in [4.69, 9.17) is 0 Å². The molecule has 0 radical (unpaired) electrons. The molecule has 0 amide bonds. The van der Waals surface area contributed by atoms with Crippen molar-refractivity contribution >= 4 is 17.2 Å². The highest BCUT2D eigenvalue weighted by Crippen LogP contribution is 2.26. The van der Waals surface area contributed by atoms with Crippen LogP contribution in [0.1, 0.15) is 33.9 Å². The highest BCUT2D eigenvalue weighted by Gasteiger charge is 2.18. The Balaban J connectivity index is 1.86. The zero-order valence-electron chi connectivity index (χ0n) is 15.0. The molecule has 0 aliphatic rings. The van der Waals surface area contributed by atoms with Gasteiger partial charge < -0.3 is 5.32 Å². The number of anilines is 1. The predicted octanol–water partition coefficient (Wildman–Crippen LogP) is 5.33. The van der Waals surface area contributed by atoms with Crippen molar-refractivity contribution in [2.24, 2.45) is 0 Å². The summed E-state index contributed by atoms with van der Waals surface area (Å²) in [6, 6.07) is 23.1. The second kappa shape index (κ2) is 8.27. The third kappa shape index (κ3) is 4.79. The van der Waals surface area contributed by atoms with Gasteiger partial charge in [0.05, 0.1) is 11.0 Å². The molecule has 1 N–H and O–H groups in total. The molecule has 0 heterocycles. The number of Topliss-reactive ketones (excluding diaryl/α,β-unsaturated/α-hetero) is 1. The summed E-state index contributed by atoms with van der Waals surface area (Å²) in [5.41, 5.74) is 3.54. The molecule has 0 spiro atoms. The number of nitro groups is 1. The quantitative estimate of drug-likeness (QED) is 0.351. The minimum atomic E-state index is -0.429. The predicted molar refractivity (Wildman–Crippen MR) is 106 cm³/mol. The maximum absolute atomic E-state index is 12.7. The Bertz CT molecular complexity index is 920. The molecule has 3 aromatic rings. The van der Waals surface area contributed by atoms with E-state index in [1.54, 1.807) is 24.3 Å². The Labute approximate surface area is 157 Å². The first-order valence-electron chi connectivity index (χ1n) is 8.69. The van der Waals surface area contributed by atoms with Crippen molar-refractivity contribution in [3.05, 3.63) is 106 Å². The molecule has 0 saturated carbocycles. The molecular formula is C22H20N2O3. The molecular weight excluding hydrogens is 340 g/mol. The SMILES string of the molecule is Cc1ccc(NC(CC(=O)c2ccccc2)c2ccc([N+](=O)[O-])cc2)cc1. The number of nitrogens with zero attached hydrogens (tertiary/aromatic N) is 1. The summed E-state index contributed by atoms with van der Waals surface area (Å²) in [6.45, 7) is 2.01. The summed E-state index contributed by atoms with van der Waals surface area (Å²) < 4.78 is 0. The van der Waals surface area contributed by atoms with Gasteiger partial charge in [-0.1, -0.05) is 60.2 Å². The highest BCUT2D eigenvalue weighted by molar-refractivity contribution is 5.96. The number of hydrogen-bond donors (Lipinski definition) is 1. The van der Waals surface area contributed by atoms with E-state index in [0.29, 0.717) is 5.56 Å². The van der Waals surface area contributed by atoms with Crippen LogP contribution in [-0.4, -0.2) is 10.7 Å². The second-order valence-corrected chi connectivity index (χ2v) is 6.40. The lowest BCUT2D eigenvalue weighted by molar-refractivity contribution is -0.384. The molecule has 3 aromatic carbocycles. The van der Waals surface area contributed by atoms with Crippen molar-refractivity contribution in [1.82, 2.24) is 0 Å². The Morgan fingerprint density at radius 2 is 1.59 bits per heavy atom. The first-order chi connectivity index (χ1) is 13.0. The van der Waals surface area contributed by atoms with Gasteiger partial charge in [0, 0.05) is 29.8 Å². The van der Waals surface area contributed by atoms with E-state index in [1.807, 2.05) is 49.4 Å². The van der Waals surface area contributed by atoms with Crippen LogP contribution < -0.4 is 5.32 Å². The van der Waals surface area contributed by atoms with Crippen molar-refractivity contribution in [3.63, 3.8) is 0 Å². The molecule has 0 fully saturated rings. The molecule has 27 heavy (non-hydrogen) atoms. The van der Waals surface area contributed by atoms with Crippen LogP contribution in [0.15, 0.2) is 78.9 Å². The monoisotopic (exact) mass is 360 g/mol. The van der Waals surface area contributed by atoms with Crippen LogP contribution in [0.25, 0.3) is 0 Å². The van der Waals surface area contributed by atoms with Crippen LogP contribution in [0.2, 0.25) is 0 Å². The Hall–Kier alpha value is -3.47. The molecule has 0 aliphatic carbocycles. The van der Waals surface area contributed by atoms with E-state index in [2.05, 4.69) is 5.32 Å². The van der Waals surface area contributed by atoms with Gasteiger partial charge in [-0.05, 0) is 24.6 Å². The van der Waals surface area contributed by atoms with Gasteiger partial charge in [-0.3, -0.25) is 14.9 Å². The number of nitrogens with one attached hydrogen (secondary N) is 1. The number of ketones is 1. The largest absolute Gasteiger partial charge is 0.378 e. The Morgan fingerprint density at radius 1 is 0.963 bits per heavy atom. The van der Waals surface area contributed by atoms with Gasteiger partial charge in [-0.25, -0.2) is 0 Å². The van der Waals surface area contributed by atoms with Gasteiger partial charge in [0.25, 0.3) is 5.69 Å². The van der Waals surface area contributed by atoms with Gasteiger partial charge in [-0.2, -0.15) is 0 Å². The van der Waals surface area contributed by atoms with Crippen LogP contribution in [-0.2, 0) is 0 Å². The maximum atomic E-state index is 12.7. The minimum Gasteiger partial charge on any atom is -0.378 e. The molecule has 1 unspecified atom stereocenters. The molecule has 3 rings (SSSR count). The lowest BCUT2D eigenvalue weighted by atomic mass is 9.97. The number of non-ortho nitro benzene ring substituents is 1. The van der Waals surface area contributed by atoms with E-state index < -0.39 is 4.92 Å². The van der Waals surface area contributed by atoms with Gasteiger partial charge in [0.2, 0.25) is 0 Å². The normalized spacial score (nSPS) is 11.6. The summed E-state index contributed by atoms with van der Waals surface area (Å²) in [7, 11) is 0. The summed E-state index contributed by atoms with van der Waals surface area (Å²) in [6.07, 6.45) is 0.246. The lowest BCUT2D eigenvalue weighted by Crippen LogP contribution is -2.16. The fourth-order valence-electron chi connectivity index (χ4n) is 2.86. The number of aryl methyl sites for hydroxylation is 1. The number of benzene rings is 3. The molecule has 5 nitrogen and oxygen atoms in total. The van der Waals surface area contributed by atoms with Crippen molar-refractivity contribution in [3.8, 4) is 0 Å². The Morgan fingerprint density at radius 3 is 2.19 bits per heavy atom. The first kappa shape index (κ1) is 18.3. The van der Waals surface area contributed by atoms with Crippen molar-refractivity contribution < 1.29 is 9.72 Å². The number of carbonyl (C=O) groups is 1. The number of hydrogen-bond acceptors (Lipinski definition) is 4. The lowest BCUT2D eigenvalue weighted by Gasteiger charge is -2.20. The van der Waals surface area contributed by atoms with Crippen molar-refractivity contribution in [2.45, 2.75) is 19.4 Å². The van der Waals surface area contributed by atoms with E-state index in [0.717, 1.165) is 16.8 Å². The molecule has 5 heteroatoms. The van der Waals surface area contributed by atoms with Crippen molar-refractivity contribution in [1.29, 1.82) is 0 Å². The van der Waals surface area contributed by atoms with Crippen LogP contribution in [0.3, 0.4) is 0 Å². The first-order valence-corrected chi connectivity index (χ1v) is 8.69. The molecule has 0 aromatic heterocycles. The van der Waals surface area contributed by atoms with Gasteiger partial charge in [0.15, 0.2) is 5.78 Å². The van der Waals surface area contributed by atoms with Gasteiger partial charge >= 0.3 is 0 Å². The van der Waals surface area contributed by atoms with Crippen LogP contribution in [0, 0.1) is 17.0 Å². The molecule has 1 atom stereocenters. The average Bonchev–Trinajstić information content (AvgIpc) is 2.70. The third-order valence-corrected chi connectivity index (χ3v) is 4.38. The second-order valence-electron chi connectivity index (χ2n) is 6.40. The number of nitro benzene ring substituents is 1. The molecule has 136 valence electrons. The maximum Gasteiger partial charge on any atom is 0.269 e. The number of rotatable bonds is 7. The summed E-state index contributed by atoms with van der Waals surface area (Å²) >= 11 is 0. The summed E-state index contributed by atoms with van der Waals surface area (Å²) in [5.74, 6) is 0.0126. The van der Waals surface area contributed by atoms with Crippen LogP contribution in [0.5, 0.6) is 0 Å².